The molecule has 1 saturated heterocycles. The molecule has 0 spiro atoms. The Hall–Kier alpha value is -6.72. The average molecular weight is 1120 g/mol. The highest BCUT2D eigenvalue weighted by Gasteiger charge is 2.78. The Bertz CT molecular complexity index is 2750. The standard InChI is InChI=1S/C65H83NO15/c1-10-11-12-13-14-15-16-17-18-19-20-21-22-23-24-25-26-27-34-39-50(68)78-48-40-49-64(42-76-49,80-44(3)67)55-57(79-58(72)46-37-32-29-33-38-46)65(75)41-47(43(2)51(62(65,7)8)53(69)56(71)63(48,55)9)77-59(73)54(70)52(45-35-30-28-31-36-45)66-60(74)81-61(4,5)6/h11-12,14-15,17-18,20-21,23-24,26-33,35-38,47-49,52-55,57,69-70,75H,10,13,16,19,22,25,34,39-42H2,1-9H3,(H,66,74)/b12-11-,15-14-,18-17-,21-20-,24-23-,27-26-/t47-,48-,49+,52-,53+,54+,55?,57?,63+,64-,65+/m0/s1. The maximum Gasteiger partial charge on any atom is 0.408 e. The van der Waals surface area contributed by atoms with Crippen LogP contribution in [0.25, 0.3) is 0 Å². The maximum atomic E-state index is 15.8. The van der Waals surface area contributed by atoms with E-state index >= 15 is 4.79 Å². The van der Waals surface area contributed by atoms with E-state index in [2.05, 4.69) is 66.9 Å². The van der Waals surface area contributed by atoms with E-state index in [4.69, 9.17) is 28.4 Å². The van der Waals surface area contributed by atoms with E-state index < -0.39 is 118 Å². The average Bonchev–Trinajstić information content (AvgIpc) is 1.08. The SMILES string of the molecule is CC/C=C\C/C=C\C/C=C\C/C=C\C/C=C\C/C=C\CCC(=O)O[C@H]1C[C@H]2OC[C@@]2(OC(C)=O)C2C(OC(=O)c3ccccc3)[C@]3(O)C[C@H](OC(=O)[C@H](O)[C@@H](NC(=O)OC(C)(C)C)c4ccccc4)C(C)=C([C@@H](O)C(=O)[C@@]21C)C3(C)C. The number of esters is 4. The number of Topliss-reactive ketones (excluding diaryl/α,β-unsaturated/α-hetero) is 1. The van der Waals surface area contributed by atoms with Crippen LogP contribution >= 0.6 is 0 Å². The van der Waals surface area contributed by atoms with Gasteiger partial charge in [0.15, 0.2) is 17.5 Å². The molecule has 81 heavy (non-hydrogen) atoms. The molecule has 2 aromatic rings. The number of fused-ring (bicyclic) bond motifs is 5. The summed E-state index contributed by atoms with van der Waals surface area (Å²) in [6, 6.07) is 14.6. The van der Waals surface area contributed by atoms with E-state index in [9.17, 15) is 39.3 Å². The zero-order valence-electron chi connectivity index (χ0n) is 48.3. The summed E-state index contributed by atoms with van der Waals surface area (Å²) in [5, 5.41) is 41.0. The Labute approximate surface area is 477 Å². The molecule has 16 nitrogen and oxygen atoms in total. The van der Waals surface area contributed by atoms with E-state index in [1.54, 1.807) is 83.1 Å². The Kier molecular flexibility index (Phi) is 21.8. The first-order valence-corrected chi connectivity index (χ1v) is 28.2. The summed E-state index contributed by atoms with van der Waals surface area (Å²) in [4.78, 5) is 85.3. The third kappa shape index (κ3) is 14.9. The smallest absolute Gasteiger partial charge is 0.408 e. The van der Waals surface area contributed by atoms with Crippen LogP contribution in [-0.2, 0) is 47.6 Å². The number of benzene rings is 2. The van der Waals surface area contributed by atoms with Crippen molar-refractivity contribution < 1.29 is 72.5 Å². The third-order valence-corrected chi connectivity index (χ3v) is 15.9. The van der Waals surface area contributed by atoms with Crippen molar-refractivity contribution in [2.45, 2.75) is 186 Å². The highest BCUT2D eigenvalue weighted by Crippen LogP contribution is 2.64. The minimum absolute atomic E-state index is 0.0588. The Morgan fingerprint density at radius 2 is 1.33 bits per heavy atom. The first-order chi connectivity index (χ1) is 38.4. The lowest BCUT2D eigenvalue weighted by molar-refractivity contribution is -0.346. The summed E-state index contributed by atoms with van der Waals surface area (Å²) >= 11 is 0. The summed E-state index contributed by atoms with van der Waals surface area (Å²) in [5.74, 6) is -6.19. The van der Waals surface area contributed by atoms with Crippen molar-refractivity contribution in [3.63, 3.8) is 0 Å². The van der Waals surface area contributed by atoms with Gasteiger partial charge < -0.3 is 49.1 Å². The van der Waals surface area contributed by atoms with Crippen LogP contribution in [-0.4, -0.2) is 111 Å². The van der Waals surface area contributed by atoms with E-state index in [-0.39, 0.29) is 36.2 Å². The number of alkyl carbamates (subject to hydrolysis) is 1. The second-order valence-electron chi connectivity index (χ2n) is 23.0. The van der Waals surface area contributed by atoms with Crippen molar-refractivity contribution in [1.29, 1.82) is 0 Å². The van der Waals surface area contributed by atoms with Gasteiger partial charge in [-0.15, -0.1) is 0 Å². The Morgan fingerprint density at radius 1 is 0.790 bits per heavy atom. The van der Waals surface area contributed by atoms with Gasteiger partial charge in [0.05, 0.1) is 29.5 Å². The van der Waals surface area contributed by atoms with Gasteiger partial charge in [0.25, 0.3) is 0 Å². The fourth-order valence-electron chi connectivity index (χ4n) is 11.8. The fourth-order valence-corrected chi connectivity index (χ4v) is 11.8. The van der Waals surface area contributed by atoms with Crippen LogP contribution in [0, 0.1) is 16.7 Å². The van der Waals surface area contributed by atoms with Crippen LogP contribution in [0.3, 0.4) is 0 Å². The van der Waals surface area contributed by atoms with Gasteiger partial charge >= 0.3 is 30.0 Å². The first-order valence-electron chi connectivity index (χ1n) is 28.2. The largest absolute Gasteiger partial charge is 0.461 e. The number of ether oxygens (including phenoxy) is 6. The van der Waals surface area contributed by atoms with Crippen LogP contribution in [0.4, 0.5) is 4.79 Å². The molecule has 2 bridgehead atoms. The van der Waals surface area contributed by atoms with Gasteiger partial charge in [0.2, 0.25) is 0 Å². The number of rotatable bonds is 23. The van der Waals surface area contributed by atoms with E-state index in [0.717, 1.165) is 39.0 Å². The fraction of sp³-hybridized carbons (Fsp3) is 0.508. The molecule has 11 atom stereocenters. The topological polar surface area (TPSA) is 231 Å². The molecule has 1 aliphatic heterocycles. The summed E-state index contributed by atoms with van der Waals surface area (Å²) in [6.07, 6.45) is 18.7. The summed E-state index contributed by atoms with van der Waals surface area (Å²) in [6.45, 7) is 14.0. The van der Waals surface area contributed by atoms with Gasteiger partial charge in [0, 0.05) is 31.6 Å². The molecule has 16 heteroatoms. The Morgan fingerprint density at radius 3 is 1.85 bits per heavy atom. The van der Waals surface area contributed by atoms with Crippen molar-refractivity contribution in [2.24, 2.45) is 16.7 Å². The Balaban J connectivity index is 1.29. The van der Waals surface area contributed by atoms with Crippen LogP contribution in [0.15, 0.2) is 145 Å². The first kappa shape index (κ1) is 63.5. The number of amides is 1. The zero-order chi connectivity index (χ0) is 59.2. The number of aliphatic hydroxyl groups excluding tert-OH is 2. The van der Waals surface area contributed by atoms with Crippen molar-refractivity contribution in [2.75, 3.05) is 6.61 Å². The molecule has 4 N–H and O–H groups in total. The molecule has 3 fully saturated rings. The van der Waals surface area contributed by atoms with Crippen LogP contribution in [0.5, 0.6) is 0 Å². The summed E-state index contributed by atoms with van der Waals surface area (Å²) < 4.78 is 36.7. The number of allylic oxidation sites excluding steroid dienone is 12. The number of carbonyl (C=O) groups is 6. The van der Waals surface area contributed by atoms with E-state index in [1.165, 1.54) is 26.0 Å². The maximum absolute atomic E-state index is 15.8. The highest BCUT2D eigenvalue weighted by molar-refractivity contribution is 5.94. The quantitative estimate of drug-likeness (QED) is 0.0461. The summed E-state index contributed by atoms with van der Waals surface area (Å²) in [5.41, 5.74) is -8.54. The molecule has 2 aromatic carbocycles. The monoisotopic (exact) mass is 1120 g/mol. The van der Waals surface area contributed by atoms with Crippen molar-refractivity contribution in [3.8, 4) is 0 Å². The lowest BCUT2D eigenvalue weighted by atomic mass is 9.44. The molecule has 4 aliphatic rings. The summed E-state index contributed by atoms with van der Waals surface area (Å²) in [7, 11) is 0. The minimum atomic E-state index is -2.43. The molecule has 2 saturated carbocycles. The zero-order valence-corrected chi connectivity index (χ0v) is 48.3. The molecule has 1 amide bonds. The molecule has 0 radical (unpaired) electrons. The van der Waals surface area contributed by atoms with Gasteiger partial charge in [-0.2, -0.15) is 0 Å². The number of nitrogens with one attached hydrogen (secondary N) is 1. The van der Waals surface area contributed by atoms with Gasteiger partial charge in [0.1, 0.15) is 41.7 Å². The van der Waals surface area contributed by atoms with Gasteiger partial charge in [-0.1, -0.05) is 142 Å². The molecule has 438 valence electrons. The van der Waals surface area contributed by atoms with Crippen LogP contribution in [0.1, 0.15) is 148 Å². The second kappa shape index (κ2) is 27.8. The van der Waals surface area contributed by atoms with Gasteiger partial charge in [-0.3, -0.25) is 14.4 Å². The number of aliphatic hydroxyl groups is 3. The lowest BCUT2D eigenvalue weighted by Crippen LogP contribution is -2.82. The molecule has 0 aromatic heterocycles. The molecular weight excluding hydrogens is 1030 g/mol. The van der Waals surface area contributed by atoms with Crippen molar-refractivity contribution in [1.82, 2.24) is 5.32 Å². The number of carbonyl (C=O) groups excluding carboxylic acids is 6. The van der Waals surface area contributed by atoms with Crippen LogP contribution < -0.4 is 5.32 Å². The van der Waals surface area contributed by atoms with Gasteiger partial charge in [-0.05, 0) is 108 Å². The molecule has 1 heterocycles. The van der Waals surface area contributed by atoms with Crippen molar-refractivity contribution >= 4 is 35.8 Å². The predicted octanol–water partition coefficient (Wildman–Crippen LogP) is 10.3. The number of ketones is 1. The molecular formula is C65H83NO15. The van der Waals surface area contributed by atoms with E-state index in [1.807, 2.05) is 18.2 Å². The lowest BCUT2D eigenvalue weighted by Gasteiger charge is -2.67. The third-order valence-electron chi connectivity index (χ3n) is 15.9. The molecule has 2 unspecified atom stereocenters. The van der Waals surface area contributed by atoms with Crippen LogP contribution in [0.2, 0.25) is 0 Å². The predicted molar refractivity (Wildman–Crippen MR) is 305 cm³/mol. The normalized spacial score (nSPS) is 28.0. The second-order valence-corrected chi connectivity index (χ2v) is 23.0. The van der Waals surface area contributed by atoms with Crippen molar-refractivity contribution in [3.05, 3.63) is 156 Å². The number of hydrogen-bond acceptors (Lipinski definition) is 15. The molecule has 3 aliphatic carbocycles. The highest BCUT2D eigenvalue weighted by atomic mass is 16.6. The number of hydrogen-bond donors (Lipinski definition) is 4. The molecule has 6 rings (SSSR count). The minimum Gasteiger partial charge on any atom is -0.461 e. The van der Waals surface area contributed by atoms with Gasteiger partial charge in [-0.25, -0.2) is 14.4 Å². The van der Waals surface area contributed by atoms with E-state index in [0.29, 0.717) is 18.4 Å².